The monoisotopic (exact) mass is 382 g/mol. The van der Waals surface area contributed by atoms with E-state index in [-0.39, 0.29) is 34.6 Å². The minimum Gasteiger partial charge on any atom is -0.329 e. The van der Waals surface area contributed by atoms with E-state index in [2.05, 4.69) is 15.3 Å². The molecule has 0 saturated heterocycles. The van der Waals surface area contributed by atoms with Gasteiger partial charge >= 0.3 is 0 Å². The minimum absolute atomic E-state index is 0.247. The summed E-state index contributed by atoms with van der Waals surface area (Å²) in [5.74, 6) is -1.10. The summed E-state index contributed by atoms with van der Waals surface area (Å²) in [7, 11) is 0. The lowest BCUT2D eigenvalue weighted by Crippen LogP contribution is -2.35. The van der Waals surface area contributed by atoms with Gasteiger partial charge in [0.15, 0.2) is 0 Å². The van der Waals surface area contributed by atoms with Crippen LogP contribution in [0.1, 0.15) is 44.9 Å². The van der Waals surface area contributed by atoms with Gasteiger partial charge in [-0.15, -0.1) is 0 Å². The Hall–Kier alpha value is -3.19. The van der Waals surface area contributed by atoms with Crippen LogP contribution in [0.15, 0.2) is 36.4 Å². The Bertz CT molecular complexity index is 1120. The van der Waals surface area contributed by atoms with Crippen molar-refractivity contribution >= 4 is 46.0 Å². The molecule has 3 aromatic rings. The predicted molar refractivity (Wildman–Crippen MR) is 101 cm³/mol. The first-order chi connectivity index (χ1) is 12.8. The van der Waals surface area contributed by atoms with Crippen molar-refractivity contribution < 1.29 is 14.4 Å². The fourth-order valence-electron chi connectivity index (χ4n) is 3.13. The summed E-state index contributed by atoms with van der Waals surface area (Å²) in [5, 5.41) is 3.04. The SMILES string of the molecule is CC(C)N1C(=O)c2ccc(C(=O)Nc3ccc4nc(Cl)[nH]c4c3)cc2C1=O. The number of nitrogens with one attached hydrogen (secondary N) is 2. The van der Waals surface area contributed by atoms with Crippen molar-refractivity contribution in [2.75, 3.05) is 5.32 Å². The van der Waals surface area contributed by atoms with Crippen molar-refractivity contribution in [1.82, 2.24) is 14.9 Å². The molecule has 0 aliphatic carbocycles. The zero-order valence-electron chi connectivity index (χ0n) is 14.5. The number of halogens is 1. The Kier molecular flexibility index (Phi) is 3.96. The van der Waals surface area contributed by atoms with Crippen LogP contribution in [0.5, 0.6) is 0 Å². The number of hydrogen-bond donors (Lipinski definition) is 2. The fourth-order valence-corrected chi connectivity index (χ4v) is 3.32. The first-order valence-electron chi connectivity index (χ1n) is 8.33. The van der Waals surface area contributed by atoms with Gasteiger partial charge in [0.05, 0.1) is 22.2 Å². The highest BCUT2D eigenvalue weighted by Gasteiger charge is 2.37. The number of fused-ring (bicyclic) bond motifs is 2. The largest absolute Gasteiger partial charge is 0.329 e. The second kappa shape index (κ2) is 6.21. The van der Waals surface area contributed by atoms with Gasteiger partial charge < -0.3 is 10.3 Å². The standard InChI is InChI=1S/C19H15ClN4O3/c1-9(2)24-17(26)12-5-3-10(7-13(12)18(24)27)16(25)21-11-4-6-14-15(8-11)23-19(20)22-14/h3-9H,1-2H3,(H,21,25)(H,22,23). The Morgan fingerprint density at radius 2 is 1.85 bits per heavy atom. The Balaban J connectivity index is 1.61. The highest BCUT2D eigenvalue weighted by atomic mass is 35.5. The highest BCUT2D eigenvalue weighted by molar-refractivity contribution is 6.29. The second-order valence-electron chi connectivity index (χ2n) is 6.55. The van der Waals surface area contributed by atoms with Crippen LogP contribution < -0.4 is 5.32 Å². The van der Waals surface area contributed by atoms with Gasteiger partial charge in [0.2, 0.25) is 5.28 Å². The molecule has 1 aliphatic rings. The molecule has 2 N–H and O–H groups in total. The van der Waals surface area contributed by atoms with Gasteiger partial charge in [-0.25, -0.2) is 4.98 Å². The van der Waals surface area contributed by atoms with Crippen molar-refractivity contribution in [2.45, 2.75) is 19.9 Å². The second-order valence-corrected chi connectivity index (χ2v) is 6.91. The van der Waals surface area contributed by atoms with Crippen LogP contribution in [0.4, 0.5) is 5.69 Å². The molecule has 0 atom stereocenters. The molecule has 0 spiro atoms. The summed E-state index contributed by atoms with van der Waals surface area (Å²) in [4.78, 5) is 45.6. The van der Waals surface area contributed by atoms with Crippen LogP contribution in [-0.4, -0.2) is 38.6 Å². The molecule has 0 fully saturated rings. The lowest BCUT2D eigenvalue weighted by Gasteiger charge is -2.17. The number of H-pyrrole nitrogens is 1. The number of benzene rings is 2. The van der Waals surface area contributed by atoms with Crippen LogP contribution in [-0.2, 0) is 0 Å². The number of carbonyl (C=O) groups excluding carboxylic acids is 3. The first-order valence-corrected chi connectivity index (χ1v) is 8.71. The Morgan fingerprint density at radius 1 is 1.11 bits per heavy atom. The van der Waals surface area contributed by atoms with Crippen LogP contribution in [0.2, 0.25) is 5.28 Å². The van der Waals surface area contributed by atoms with Gasteiger partial charge in [-0.3, -0.25) is 19.3 Å². The molecule has 2 aromatic carbocycles. The van der Waals surface area contributed by atoms with Crippen molar-refractivity contribution in [3.8, 4) is 0 Å². The van der Waals surface area contributed by atoms with Crippen LogP contribution >= 0.6 is 11.6 Å². The maximum atomic E-state index is 12.6. The molecule has 8 heteroatoms. The summed E-state index contributed by atoms with van der Waals surface area (Å²) in [5.41, 5.74) is 2.80. The van der Waals surface area contributed by atoms with Gasteiger partial charge in [-0.1, -0.05) is 0 Å². The third-order valence-electron chi connectivity index (χ3n) is 4.41. The lowest BCUT2D eigenvalue weighted by atomic mass is 10.1. The third kappa shape index (κ3) is 2.86. The van der Waals surface area contributed by atoms with E-state index in [1.54, 1.807) is 32.0 Å². The van der Waals surface area contributed by atoms with Crippen molar-refractivity contribution in [1.29, 1.82) is 0 Å². The van der Waals surface area contributed by atoms with Crippen LogP contribution in [0.25, 0.3) is 11.0 Å². The number of imide groups is 1. The van der Waals surface area contributed by atoms with Crippen LogP contribution in [0, 0.1) is 0 Å². The molecule has 1 aliphatic heterocycles. The number of imidazole rings is 1. The summed E-state index contributed by atoms with van der Waals surface area (Å²) >= 11 is 5.83. The number of aromatic nitrogens is 2. The molecule has 27 heavy (non-hydrogen) atoms. The van der Waals surface area contributed by atoms with Gasteiger partial charge in [0.25, 0.3) is 17.7 Å². The Labute approximate surface area is 159 Å². The molecule has 3 amide bonds. The number of rotatable bonds is 3. The fraction of sp³-hybridized carbons (Fsp3) is 0.158. The molecular weight excluding hydrogens is 368 g/mol. The minimum atomic E-state index is -0.383. The van der Waals surface area contributed by atoms with E-state index in [0.29, 0.717) is 27.8 Å². The predicted octanol–water partition coefficient (Wildman–Crippen LogP) is 3.47. The average molecular weight is 383 g/mol. The Morgan fingerprint density at radius 3 is 2.59 bits per heavy atom. The molecule has 2 heterocycles. The maximum Gasteiger partial charge on any atom is 0.261 e. The number of amides is 3. The normalized spacial score (nSPS) is 13.6. The van der Waals surface area contributed by atoms with E-state index in [1.165, 1.54) is 23.1 Å². The van der Waals surface area contributed by atoms with E-state index >= 15 is 0 Å². The van der Waals surface area contributed by atoms with Crippen LogP contribution in [0.3, 0.4) is 0 Å². The number of nitrogens with zero attached hydrogens (tertiary/aromatic N) is 2. The summed E-state index contributed by atoms with van der Waals surface area (Å²) in [6, 6.07) is 9.42. The number of aromatic amines is 1. The average Bonchev–Trinajstić information content (AvgIpc) is 3.11. The summed E-state index contributed by atoms with van der Waals surface area (Å²) in [6.07, 6.45) is 0. The molecule has 0 radical (unpaired) electrons. The lowest BCUT2D eigenvalue weighted by molar-refractivity contribution is 0.0609. The zero-order chi connectivity index (χ0) is 19.3. The topological polar surface area (TPSA) is 95.2 Å². The summed E-state index contributed by atoms with van der Waals surface area (Å²) < 4.78 is 0. The number of hydrogen-bond acceptors (Lipinski definition) is 4. The maximum absolute atomic E-state index is 12.6. The molecule has 1 aromatic heterocycles. The molecule has 136 valence electrons. The van der Waals surface area contributed by atoms with E-state index in [0.717, 1.165) is 0 Å². The van der Waals surface area contributed by atoms with Crippen molar-refractivity contribution in [2.24, 2.45) is 0 Å². The zero-order valence-corrected chi connectivity index (χ0v) is 15.3. The smallest absolute Gasteiger partial charge is 0.261 e. The van der Waals surface area contributed by atoms with Gasteiger partial charge in [-0.05, 0) is 61.8 Å². The van der Waals surface area contributed by atoms with E-state index < -0.39 is 0 Å². The number of carbonyl (C=O) groups is 3. The molecule has 0 unspecified atom stereocenters. The molecule has 0 bridgehead atoms. The molecule has 0 saturated carbocycles. The van der Waals surface area contributed by atoms with Gasteiger partial charge in [0.1, 0.15) is 0 Å². The molecular formula is C19H15ClN4O3. The van der Waals surface area contributed by atoms with E-state index in [9.17, 15) is 14.4 Å². The third-order valence-corrected chi connectivity index (χ3v) is 4.59. The molecule has 4 rings (SSSR count). The summed E-state index contributed by atoms with van der Waals surface area (Å²) in [6.45, 7) is 3.54. The van der Waals surface area contributed by atoms with Crippen molar-refractivity contribution in [3.05, 3.63) is 58.4 Å². The van der Waals surface area contributed by atoms with E-state index in [4.69, 9.17) is 11.6 Å². The van der Waals surface area contributed by atoms with Crippen molar-refractivity contribution in [3.63, 3.8) is 0 Å². The number of anilines is 1. The quantitative estimate of drug-likeness (QED) is 0.678. The first kappa shape index (κ1) is 17.2. The molecule has 7 nitrogen and oxygen atoms in total. The van der Waals surface area contributed by atoms with Gasteiger partial charge in [0, 0.05) is 17.3 Å². The van der Waals surface area contributed by atoms with E-state index in [1.807, 2.05) is 0 Å². The highest BCUT2D eigenvalue weighted by Crippen LogP contribution is 2.26. The van der Waals surface area contributed by atoms with Gasteiger partial charge in [-0.2, -0.15) is 0 Å².